The predicted molar refractivity (Wildman–Crippen MR) is 77.3 cm³/mol. The Morgan fingerprint density at radius 3 is 2.58 bits per heavy atom. The summed E-state index contributed by atoms with van der Waals surface area (Å²) in [7, 11) is 0. The summed E-state index contributed by atoms with van der Waals surface area (Å²) in [6.45, 7) is 1.87. The summed E-state index contributed by atoms with van der Waals surface area (Å²) >= 11 is 0. The van der Waals surface area contributed by atoms with E-state index in [1.54, 1.807) is 6.08 Å². The van der Waals surface area contributed by atoms with Gasteiger partial charge in [-0.2, -0.15) is 0 Å². The zero-order chi connectivity index (χ0) is 13.5. The number of carboxylic acid groups (broad SMARTS) is 1. The first-order valence-electron chi connectivity index (χ1n) is 6.38. The third-order valence-corrected chi connectivity index (χ3v) is 3.76. The van der Waals surface area contributed by atoms with Crippen LogP contribution in [-0.2, 0) is 4.79 Å². The molecule has 2 aromatic rings. The molecule has 1 atom stereocenters. The summed E-state index contributed by atoms with van der Waals surface area (Å²) in [4.78, 5) is 11.5. The number of rotatable bonds is 2. The van der Waals surface area contributed by atoms with Crippen LogP contribution in [0.5, 0.6) is 0 Å². The van der Waals surface area contributed by atoms with Crippen LogP contribution in [0.3, 0.4) is 0 Å². The molecule has 0 saturated carbocycles. The van der Waals surface area contributed by atoms with Gasteiger partial charge in [-0.05, 0) is 41.0 Å². The van der Waals surface area contributed by atoms with Gasteiger partial charge in [-0.25, -0.2) is 4.79 Å². The van der Waals surface area contributed by atoms with E-state index in [-0.39, 0.29) is 0 Å². The van der Waals surface area contributed by atoms with Crippen LogP contribution in [0.2, 0.25) is 0 Å². The molecule has 1 aliphatic rings. The van der Waals surface area contributed by atoms with Crippen LogP contribution >= 0.6 is 0 Å². The number of aliphatic carboxylic acids is 1. The van der Waals surface area contributed by atoms with Gasteiger partial charge in [-0.1, -0.05) is 37.3 Å². The third kappa shape index (κ3) is 1.78. The quantitative estimate of drug-likeness (QED) is 0.861. The Labute approximate surface area is 111 Å². The molecule has 0 bridgehead atoms. The van der Waals surface area contributed by atoms with E-state index in [9.17, 15) is 9.90 Å². The minimum absolute atomic E-state index is 0.505. The van der Waals surface area contributed by atoms with Gasteiger partial charge >= 0.3 is 5.97 Å². The van der Waals surface area contributed by atoms with Crippen molar-refractivity contribution in [3.8, 4) is 0 Å². The van der Waals surface area contributed by atoms with Crippen LogP contribution < -0.4 is 5.32 Å². The number of benzene rings is 2. The summed E-state index contributed by atoms with van der Waals surface area (Å²) in [6, 6.07) is 12.2. The van der Waals surface area contributed by atoms with Gasteiger partial charge in [-0.15, -0.1) is 0 Å². The van der Waals surface area contributed by atoms with Crippen molar-refractivity contribution in [2.24, 2.45) is 0 Å². The van der Waals surface area contributed by atoms with E-state index in [2.05, 4.69) is 17.4 Å². The summed E-state index contributed by atoms with van der Waals surface area (Å²) < 4.78 is 0. The standard InChI is InChI=1S/C16H15NO2/c1-2-16(15(18)19)8-7-13-9-11-5-3-4-6-12(11)10-14(13)17-16/h3-10,17H,2H2,1H3,(H,18,19). The second-order valence-corrected chi connectivity index (χ2v) is 4.88. The van der Waals surface area contributed by atoms with Gasteiger partial charge in [-0.3, -0.25) is 0 Å². The van der Waals surface area contributed by atoms with Crippen LogP contribution in [0.1, 0.15) is 18.9 Å². The van der Waals surface area contributed by atoms with Crippen LogP contribution in [-0.4, -0.2) is 16.6 Å². The van der Waals surface area contributed by atoms with Crippen molar-refractivity contribution in [3.05, 3.63) is 48.0 Å². The zero-order valence-corrected chi connectivity index (χ0v) is 10.7. The Kier molecular flexibility index (Phi) is 2.56. The van der Waals surface area contributed by atoms with Crippen molar-refractivity contribution in [1.82, 2.24) is 0 Å². The van der Waals surface area contributed by atoms with Gasteiger partial charge in [0.1, 0.15) is 0 Å². The molecular weight excluding hydrogens is 238 g/mol. The molecule has 0 aliphatic carbocycles. The molecule has 1 heterocycles. The average Bonchev–Trinajstić information content (AvgIpc) is 2.44. The Morgan fingerprint density at radius 1 is 1.26 bits per heavy atom. The molecule has 0 saturated heterocycles. The molecule has 3 nitrogen and oxygen atoms in total. The average molecular weight is 253 g/mol. The fourth-order valence-corrected chi connectivity index (χ4v) is 2.50. The predicted octanol–water partition coefficient (Wildman–Crippen LogP) is 3.51. The van der Waals surface area contributed by atoms with E-state index in [0.717, 1.165) is 22.0 Å². The van der Waals surface area contributed by atoms with Crippen molar-refractivity contribution in [2.75, 3.05) is 5.32 Å². The van der Waals surface area contributed by atoms with Gasteiger partial charge < -0.3 is 10.4 Å². The molecule has 0 fully saturated rings. The van der Waals surface area contributed by atoms with E-state index in [1.807, 2.05) is 37.3 Å². The number of hydrogen-bond donors (Lipinski definition) is 2. The van der Waals surface area contributed by atoms with E-state index in [0.29, 0.717) is 6.42 Å². The number of anilines is 1. The topological polar surface area (TPSA) is 49.3 Å². The number of fused-ring (bicyclic) bond motifs is 2. The van der Waals surface area contributed by atoms with Gasteiger partial charge in [0.15, 0.2) is 5.54 Å². The minimum atomic E-state index is -0.991. The van der Waals surface area contributed by atoms with Gasteiger partial charge in [0.05, 0.1) is 0 Å². The molecule has 19 heavy (non-hydrogen) atoms. The fourth-order valence-electron chi connectivity index (χ4n) is 2.50. The lowest BCUT2D eigenvalue weighted by atomic mass is 9.89. The summed E-state index contributed by atoms with van der Waals surface area (Å²) in [5.41, 5.74) is 0.921. The van der Waals surface area contributed by atoms with Gasteiger partial charge in [0.2, 0.25) is 0 Å². The maximum Gasteiger partial charge on any atom is 0.333 e. The first-order valence-corrected chi connectivity index (χ1v) is 6.38. The molecule has 2 aromatic carbocycles. The first-order chi connectivity index (χ1) is 9.14. The summed E-state index contributed by atoms with van der Waals surface area (Å²) in [5, 5.41) is 14.8. The molecule has 0 aromatic heterocycles. The van der Waals surface area contributed by atoms with E-state index < -0.39 is 11.5 Å². The number of hydrogen-bond acceptors (Lipinski definition) is 2. The molecule has 3 heteroatoms. The second-order valence-electron chi connectivity index (χ2n) is 4.88. The molecule has 1 aliphatic heterocycles. The fraction of sp³-hybridized carbons (Fsp3) is 0.188. The lowest BCUT2D eigenvalue weighted by Gasteiger charge is -2.31. The van der Waals surface area contributed by atoms with Crippen LogP contribution in [0.25, 0.3) is 16.8 Å². The Bertz CT molecular complexity index is 690. The SMILES string of the molecule is CCC1(C(=O)O)C=Cc2cc3ccccc3cc2N1. The highest BCUT2D eigenvalue weighted by molar-refractivity contribution is 5.96. The normalized spacial score (nSPS) is 20.9. The number of carboxylic acids is 1. The Hall–Kier alpha value is -2.29. The Morgan fingerprint density at radius 2 is 1.95 bits per heavy atom. The lowest BCUT2D eigenvalue weighted by Crippen LogP contribution is -2.45. The molecule has 3 rings (SSSR count). The lowest BCUT2D eigenvalue weighted by molar-refractivity contribution is -0.140. The van der Waals surface area contributed by atoms with E-state index >= 15 is 0 Å². The monoisotopic (exact) mass is 253 g/mol. The van der Waals surface area contributed by atoms with Crippen LogP contribution in [0.4, 0.5) is 5.69 Å². The maximum atomic E-state index is 11.5. The largest absolute Gasteiger partial charge is 0.479 e. The van der Waals surface area contributed by atoms with Crippen molar-refractivity contribution in [3.63, 3.8) is 0 Å². The second kappa shape index (κ2) is 4.12. The van der Waals surface area contributed by atoms with E-state index in [4.69, 9.17) is 0 Å². The van der Waals surface area contributed by atoms with Crippen LogP contribution in [0, 0.1) is 0 Å². The van der Waals surface area contributed by atoms with Gasteiger partial charge in [0.25, 0.3) is 0 Å². The van der Waals surface area contributed by atoms with Crippen molar-refractivity contribution in [1.29, 1.82) is 0 Å². The molecule has 0 radical (unpaired) electrons. The van der Waals surface area contributed by atoms with Crippen molar-refractivity contribution < 1.29 is 9.90 Å². The molecule has 96 valence electrons. The molecule has 0 spiro atoms. The first kappa shape index (κ1) is 11.8. The molecule has 1 unspecified atom stereocenters. The highest BCUT2D eigenvalue weighted by Crippen LogP contribution is 2.33. The van der Waals surface area contributed by atoms with Crippen LogP contribution in [0.15, 0.2) is 42.5 Å². The maximum absolute atomic E-state index is 11.5. The molecule has 0 amide bonds. The highest BCUT2D eigenvalue weighted by atomic mass is 16.4. The zero-order valence-electron chi connectivity index (χ0n) is 10.7. The number of nitrogens with one attached hydrogen (secondary N) is 1. The molecule has 2 N–H and O–H groups in total. The smallest absolute Gasteiger partial charge is 0.333 e. The summed E-state index contributed by atoms with van der Waals surface area (Å²) in [6.07, 6.45) is 4.15. The minimum Gasteiger partial charge on any atom is -0.479 e. The van der Waals surface area contributed by atoms with E-state index in [1.165, 1.54) is 0 Å². The third-order valence-electron chi connectivity index (χ3n) is 3.76. The van der Waals surface area contributed by atoms with Gasteiger partial charge in [0, 0.05) is 5.69 Å². The highest BCUT2D eigenvalue weighted by Gasteiger charge is 2.36. The van der Waals surface area contributed by atoms with Crippen molar-refractivity contribution in [2.45, 2.75) is 18.9 Å². The Balaban J connectivity index is 2.15. The molecular formula is C16H15NO2. The summed E-state index contributed by atoms with van der Waals surface area (Å²) in [5.74, 6) is -0.843. The van der Waals surface area contributed by atoms with Crippen molar-refractivity contribution >= 4 is 28.5 Å². The number of carbonyl (C=O) groups is 1.